The fraction of sp³-hybridized carbons (Fsp3) is 0.167. The maximum Gasteiger partial charge on any atom is 0.337 e. The summed E-state index contributed by atoms with van der Waals surface area (Å²) in [6, 6.07) is 17.2. The summed E-state index contributed by atoms with van der Waals surface area (Å²) in [4.78, 5) is 30.4. The Labute approximate surface area is 135 Å². The Kier molecular flexibility index (Phi) is 10.2. The molecule has 2 rings (SSSR count). The molecule has 0 unspecified atom stereocenters. The average molecular weight is 316 g/mol. The van der Waals surface area contributed by atoms with Crippen LogP contribution in [0.15, 0.2) is 60.7 Å². The number of carbonyl (C=O) groups excluding carboxylic acids is 2. The number of carboxylic acids is 1. The van der Waals surface area contributed by atoms with Crippen molar-refractivity contribution in [3.63, 3.8) is 0 Å². The molecule has 5 heteroatoms. The highest BCUT2D eigenvalue weighted by Crippen LogP contribution is 1.99. The first-order valence-electron chi connectivity index (χ1n) is 6.77. The molecule has 0 aliphatic heterocycles. The van der Waals surface area contributed by atoms with Gasteiger partial charge in [0.1, 0.15) is 5.78 Å². The zero-order valence-electron chi connectivity index (χ0n) is 13.4. The smallest absolute Gasteiger partial charge is 0.337 e. The summed E-state index contributed by atoms with van der Waals surface area (Å²) in [5, 5.41) is 8.38. The van der Waals surface area contributed by atoms with E-state index in [-0.39, 0.29) is 11.8 Å². The SMILES string of the molecule is CC(C)=O.COC(=O)c1ccccc1.O=C(O)c1ccccc1. The van der Waals surface area contributed by atoms with Crippen LogP contribution in [0.25, 0.3) is 0 Å². The van der Waals surface area contributed by atoms with Gasteiger partial charge >= 0.3 is 11.9 Å². The molecule has 0 aromatic heterocycles. The minimum Gasteiger partial charge on any atom is -0.478 e. The monoisotopic (exact) mass is 316 g/mol. The topological polar surface area (TPSA) is 80.7 Å². The molecule has 0 atom stereocenters. The number of aromatic carboxylic acids is 1. The predicted molar refractivity (Wildman–Crippen MR) is 87.5 cm³/mol. The molecule has 0 fully saturated rings. The molecule has 0 heterocycles. The van der Waals surface area contributed by atoms with E-state index in [1.165, 1.54) is 21.0 Å². The van der Waals surface area contributed by atoms with Gasteiger partial charge in [0, 0.05) is 0 Å². The van der Waals surface area contributed by atoms with E-state index in [9.17, 15) is 14.4 Å². The Hall–Kier alpha value is -2.95. The quantitative estimate of drug-likeness (QED) is 0.858. The van der Waals surface area contributed by atoms with Crippen molar-refractivity contribution in [3.05, 3.63) is 71.8 Å². The van der Waals surface area contributed by atoms with Crippen LogP contribution in [0.4, 0.5) is 0 Å². The molecule has 0 aliphatic rings. The number of ether oxygens (including phenoxy) is 1. The van der Waals surface area contributed by atoms with Crippen molar-refractivity contribution in [2.75, 3.05) is 7.11 Å². The van der Waals surface area contributed by atoms with Gasteiger partial charge in [-0.15, -0.1) is 0 Å². The van der Waals surface area contributed by atoms with E-state index in [0.29, 0.717) is 11.1 Å². The van der Waals surface area contributed by atoms with Gasteiger partial charge in [-0.1, -0.05) is 36.4 Å². The van der Waals surface area contributed by atoms with Gasteiger partial charge < -0.3 is 14.6 Å². The van der Waals surface area contributed by atoms with Gasteiger partial charge in [-0.05, 0) is 38.1 Å². The summed E-state index contributed by atoms with van der Waals surface area (Å²) in [7, 11) is 1.37. The highest BCUT2D eigenvalue weighted by Gasteiger charge is 2.00. The maximum atomic E-state index is 10.8. The summed E-state index contributed by atoms with van der Waals surface area (Å²) in [6.45, 7) is 3.06. The molecular weight excluding hydrogens is 296 g/mol. The number of rotatable bonds is 2. The normalized spacial score (nSPS) is 8.48. The highest BCUT2D eigenvalue weighted by molar-refractivity contribution is 5.89. The number of carbonyl (C=O) groups is 3. The van der Waals surface area contributed by atoms with Gasteiger partial charge in [0.25, 0.3) is 0 Å². The molecule has 0 bridgehead atoms. The van der Waals surface area contributed by atoms with Crippen molar-refractivity contribution in [1.29, 1.82) is 0 Å². The van der Waals surface area contributed by atoms with Crippen molar-refractivity contribution in [1.82, 2.24) is 0 Å². The molecule has 5 nitrogen and oxygen atoms in total. The lowest BCUT2D eigenvalue weighted by atomic mass is 10.2. The highest BCUT2D eigenvalue weighted by atomic mass is 16.5. The van der Waals surface area contributed by atoms with Crippen LogP contribution in [0.3, 0.4) is 0 Å². The second-order valence-corrected chi connectivity index (χ2v) is 4.44. The second kappa shape index (κ2) is 11.7. The Balaban J connectivity index is 0.000000345. The molecule has 23 heavy (non-hydrogen) atoms. The molecule has 0 spiro atoms. The minimum absolute atomic E-state index is 0.167. The van der Waals surface area contributed by atoms with Crippen LogP contribution in [-0.2, 0) is 9.53 Å². The van der Waals surface area contributed by atoms with Crippen LogP contribution >= 0.6 is 0 Å². The number of Topliss-reactive ketones (excluding diaryl/α,β-unsaturated/α-hetero) is 1. The lowest BCUT2D eigenvalue weighted by Gasteiger charge is -1.95. The Morgan fingerprint density at radius 2 is 1.13 bits per heavy atom. The van der Waals surface area contributed by atoms with E-state index < -0.39 is 5.97 Å². The van der Waals surface area contributed by atoms with Gasteiger partial charge in [0.2, 0.25) is 0 Å². The van der Waals surface area contributed by atoms with E-state index in [1.54, 1.807) is 54.6 Å². The number of carboxylic acid groups (broad SMARTS) is 1. The van der Waals surface area contributed by atoms with Crippen LogP contribution in [0.2, 0.25) is 0 Å². The second-order valence-electron chi connectivity index (χ2n) is 4.44. The third-order valence-corrected chi connectivity index (χ3v) is 2.22. The van der Waals surface area contributed by atoms with Gasteiger partial charge in [0.05, 0.1) is 18.2 Å². The maximum absolute atomic E-state index is 10.8. The summed E-state index contributed by atoms with van der Waals surface area (Å²) in [5.41, 5.74) is 0.919. The van der Waals surface area contributed by atoms with Gasteiger partial charge in [0.15, 0.2) is 0 Å². The van der Waals surface area contributed by atoms with Crippen LogP contribution in [-0.4, -0.2) is 29.9 Å². The number of hydrogen-bond acceptors (Lipinski definition) is 4. The van der Waals surface area contributed by atoms with E-state index in [0.717, 1.165) is 0 Å². The molecule has 0 amide bonds. The third kappa shape index (κ3) is 10.4. The standard InChI is InChI=1S/C8H8O2.C7H6O2.C3H6O/c1-10-8(9)7-5-3-2-4-6-7;8-7(9)6-4-2-1-3-5-6;1-3(2)4/h2-6H,1H3;1-5H,(H,8,9);1-2H3. The van der Waals surface area contributed by atoms with Crippen LogP contribution in [0.1, 0.15) is 34.6 Å². The number of methoxy groups -OCH3 is 1. The first-order chi connectivity index (χ1) is 10.9. The molecular formula is C18H20O5. The summed E-state index contributed by atoms with van der Waals surface area (Å²) in [6.07, 6.45) is 0. The largest absolute Gasteiger partial charge is 0.478 e. The molecule has 2 aromatic carbocycles. The fourth-order valence-corrected chi connectivity index (χ4v) is 1.27. The number of hydrogen-bond donors (Lipinski definition) is 1. The van der Waals surface area contributed by atoms with Crippen molar-refractivity contribution in [3.8, 4) is 0 Å². The zero-order chi connectivity index (χ0) is 17.7. The van der Waals surface area contributed by atoms with Crippen molar-refractivity contribution in [2.45, 2.75) is 13.8 Å². The zero-order valence-corrected chi connectivity index (χ0v) is 13.4. The lowest BCUT2D eigenvalue weighted by Crippen LogP contribution is -1.99. The lowest BCUT2D eigenvalue weighted by molar-refractivity contribution is -0.115. The molecule has 0 saturated carbocycles. The van der Waals surface area contributed by atoms with E-state index >= 15 is 0 Å². The van der Waals surface area contributed by atoms with Crippen LogP contribution < -0.4 is 0 Å². The summed E-state index contributed by atoms with van der Waals surface area (Å²) >= 11 is 0. The summed E-state index contributed by atoms with van der Waals surface area (Å²) in [5.74, 6) is -1.00. The number of ketones is 1. The molecule has 2 aromatic rings. The molecule has 1 N–H and O–H groups in total. The van der Waals surface area contributed by atoms with E-state index in [1.807, 2.05) is 6.07 Å². The van der Waals surface area contributed by atoms with Crippen molar-refractivity contribution >= 4 is 17.7 Å². The first-order valence-corrected chi connectivity index (χ1v) is 6.77. The fourth-order valence-electron chi connectivity index (χ4n) is 1.27. The minimum atomic E-state index is -0.879. The molecule has 0 saturated heterocycles. The Morgan fingerprint density at radius 3 is 1.39 bits per heavy atom. The van der Waals surface area contributed by atoms with Gasteiger partial charge in [-0.25, -0.2) is 9.59 Å². The van der Waals surface area contributed by atoms with E-state index in [4.69, 9.17) is 5.11 Å². The molecule has 0 aliphatic carbocycles. The average Bonchev–Trinajstić information content (AvgIpc) is 2.56. The number of esters is 1. The van der Waals surface area contributed by atoms with Crippen LogP contribution in [0.5, 0.6) is 0 Å². The third-order valence-electron chi connectivity index (χ3n) is 2.22. The van der Waals surface area contributed by atoms with Crippen LogP contribution in [0, 0.1) is 0 Å². The van der Waals surface area contributed by atoms with Crippen molar-refractivity contribution < 1.29 is 24.2 Å². The summed E-state index contributed by atoms with van der Waals surface area (Å²) < 4.78 is 4.50. The Morgan fingerprint density at radius 1 is 0.783 bits per heavy atom. The Bertz CT molecular complexity index is 602. The molecule has 122 valence electrons. The predicted octanol–water partition coefficient (Wildman–Crippen LogP) is 3.45. The van der Waals surface area contributed by atoms with E-state index in [2.05, 4.69) is 4.74 Å². The number of benzene rings is 2. The molecule has 0 radical (unpaired) electrons. The first kappa shape index (κ1) is 20.1. The van der Waals surface area contributed by atoms with Crippen molar-refractivity contribution in [2.24, 2.45) is 0 Å². The van der Waals surface area contributed by atoms with Gasteiger partial charge in [-0.2, -0.15) is 0 Å². The van der Waals surface area contributed by atoms with Gasteiger partial charge in [-0.3, -0.25) is 0 Å².